The second-order valence-electron chi connectivity index (χ2n) is 5.31. The van der Waals surface area contributed by atoms with E-state index < -0.39 is 0 Å². The Balaban J connectivity index is 1.75. The molecule has 1 amide bonds. The smallest absolute Gasteiger partial charge is 0.230 e. The molecule has 1 aromatic carbocycles. The third-order valence-electron chi connectivity index (χ3n) is 2.91. The van der Waals surface area contributed by atoms with Crippen molar-refractivity contribution >= 4 is 17.7 Å². The van der Waals surface area contributed by atoms with Crippen LogP contribution in [0.3, 0.4) is 0 Å². The van der Waals surface area contributed by atoms with Crippen LogP contribution in [-0.4, -0.2) is 28.0 Å². The van der Waals surface area contributed by atoms with Crippen molar-refractivity contribution in [1.29, 1.82) is 0 Å². The molecule has 4 nitrogen and oxygen atoms in total. The third kappa shape index (κ3) is 5.27. The first-order valence-electron chi connectivity index (χ1n) is 7.08. The number of rotatable bonds is 7. The first kappa shape index (κ1) is 15.6. The molecule has 21 heavy (non-hydrogen) atoms. The summed E-state index contributed by atoms with van der Waals surface area (Å²) in [5.74, 6) is 1.96. The van der Waals surface area contributed by atoms with Crippen molar-refractivity contribution in [2.75, 3.05) is 12.3 Å². The van der Waals surface area contributed by atoms with Gasteiger partial charge in [0, 0.05) is 24.7 Å². The van der Waals surface area contributed by atoms with E-state index in [4.69, 9.17) is 0 Å². The molecule has 5 heteroatoms. The topological polar surface area (TPSA) is 46.9 Å². The van der Waals surface area contributed by atoms with Crippen molar-refractivity contribution in [2.24, 2.45) is 5.92 Å². The molecule has 1 N–H and O–H groups in total. The number of carbonyl (C=O) groups excluding carboxylic acids is 1. The molecule has 0 saturated heterocycles. The van der Waals surface area contributed by atoms with Gasteiger partial charge < -0.3 is 5.32 Å². The molecule has 0 radical (unpaired) electrons. The number of benzene rings is 1. The van der Waals surface area contributed by atoms with E-state index in [-0.39, 0.29) is 5.91 Å². The van der Waals surface area contributed by atoms with Crippen LogP contribution in [-0.2, 0) is 10.5 Å². The summed E-state index contributed by atoms with van der Waals surface area (Å²) >= 11 is 1.63. The van der Waals surface area contributed by atoms with Gasteiger partial charge in [0.1, 0.15) is 0 Å². The van der Waals surface area contributed by atoms with Crippen LogP contribution < -0.4 is 5.32 Å². The Morgan fingerprint density at radius 3 is 2.71 bits per heavy atom. The van der Waals surface area contributed by atoms with Gasteiger partial charge in [-0.1, -0.05) is 26.0 Å². The summed E-state index contributed by atoms with van der Waals surface area (Å²) in [6, 6.07) is 10.1. The van der Waals surface area contributed by atoms with E-state index in [0.29, 0.717) is 11.7 Å². The van der Waals surface area contributed by atoms with Gasteiger partial charge in [0.2, 0.25) is 5.91 Å². The number of carbonyl (C=O) groups is 1. The molecule has 2 rings (SSSR count). The highest BCUT2D eigenvalue weighted by Crippen LogP contribution is 2.14. The number of amides is 1. The zero-order chi connectivity index (χ0) is 15.1. The molecule has 0 spiro atoms. The fourth-order valence-electron chi connectivity index (χ4n) is 1.80. The van der Waals surface area contributed by atoms with Crippen LogP contribution >= 0.6 is 11.8 Å². The normalized spacial score (nSPS) is 10.8. The number of hydrogen-bond donors (Lipinski definition) is 1. The molecule has 0 atom stereocenters. The van der Waals surface area contributed by atoms with Gasteiger partial charge >= 0.3 is 0 Å². The SMILES string of the molecule is CC(C)CNC(=O)CSCc1ccc(-n2cccn2)cc1. The molecule has 0 aliphatic carbocycles. The average Bonchev–Trinajstić information content (AvgIpc) is 3.00. The zero-order valence-electron chi connectivity index (χ0n) is 12.5. The molecule has 0 bridgehead atoms. The van der Waals surface area contributed by atoms with Crippen LogP contribution in [0.4, 0.5) is 0 Å². The van der Waals surface area contributed by atoms with Gasteiger partial charge in [-0.2, -0.15) is 5.10 Å². The summed E-state index contributed by atoms with van der Waals surface area (Å²) in [5, 5.41) is 7.12. The Labute approximate surface area is 129 Å². The Bertz CT molecular complexity index is 549. The van der Waals surface area contributed by atoms with E-state index in [2.05, 4.69) is 36.4 Å². The lowest BCUT2D eigenvalue weighted by atomic mass is 10.2. The first-order chi connectivity index (χ1) is 10.1. The van der Waals surface area contributed by atoms with E-state index in [1.165, 1.54) is 5.56 Å². The van der Waals surface area contributed by atoms with Crippen molar-refractivity contribution in [3.05, 3.63) is 48.3 Å². The number of hydrogen-bond acceptors (Lipinski definition) is 3. The summed E-state index contributed by atoms with van der Waals surface area (Å²) in [7, 11) is 0. The minimum Gasteiger partial charge on any atom is -0.355 e. The molecule has 0 aliphatic rings. The van der Waals surface area contributed by atoms with Gasteiger partial charge in [0.05, 0.1) is 11.4 Å². The summed E-state index contributed by atoms with van der Waals surface area (Å²) in [6.07, 6.45) is 3.68. The number of aromatic nitrogens is 2. The molecule has 1 aromatic heterocycles. The molecule has 112 valence electrons. The number of thioether (sulfide) groups is 1. The van der Waals surface area contributed by atoms with Crippen molar-refractivity contribution < 1.29 is 4.79 Å². The van der Waals surface area contributed by atoms with Crippen molar-refractivity contribution in [2.45, 2.75) is 19.6 Å². The highest BCUT2D eigenvalue weighted by molar-refractivity contribution is 7.99. The van der Waals surface area contributed by atoms with Crippen LogP contribution in [0.1, 0.15) is 19.4 Å². The molecule has 0 saturated carbocycles. The maximum Gasteiger partial charge on any atom is 0.230 e. The lowest BCUT2D eigenvalue weighted by Gasteiger charge is -2.07. The number of nitrogens with zero attached hydrogens (tertiary/aromatic N) is 2. The summed E-state index contributed by atoms with van der Waals surface area (Å²) in [6.45, 7) is 4.93. The highest BCUT2D eigenvalue weighted by atomic mass is 32.2. The first-order valence-corrected chi connectivity index (χ1v) is 8.24. The molecule has 0 fully saturated rings. The van der Waals surface area contributed by atoms with Gasteiger partial charge in [0.15, 0.2) is 0 Å². The second kappa shape index (κ2) is 7.88. The highest BCUT2D eigenvalue weighted by Gasteiger charge is 2.03. The predicted molar refractivity (Wildman–Crippen MR) is 87.6 cm³/mol. The second-order valence-corrected chi connectivity index (χ2v) is 6.29. The zero-order valence-corrected chi connectivity index (χ0v) is 13.3. The fourth-order valence-corrected chi connectivity index (χ4v) is 2.61. The quantitative estimate of drug-likeness (QED) is 0.855. The molecular weight excluding hydrogens is 282 g/mol. The summed E-state index contributed by atoms with van der Waals surface area (Å²) in [5.41, 5.74) is 2.26. The molecule has 0 unspecified atom stereocenters. The Hall–Kier alpha value is -1.75. The van der Waals surface area contributed by atoms with E-state index in [1.807, 2.05) is 29.1 Å². The minimum atomic E-state index is 0.113. The Kier molecular flexibility index (Phi) is 5.87. The number of nitrogens with one attached hydrogen (secondary N) is 1. The van der Waals surface area contributed by atoms with Crippen LogP contribution in [0.25, 0.3) is 5.69 Å². The van der Waals surface area contributed by atoms with Gasteiger partial charge in [0.25, 0.3) is 0 Å². The average molecular weight is 303 g/mol. The monoisotopic (exact) mass is 303 g/mol. The third-order valence-corrected chi connectivity index (χ3v) is 3.92. The van der Waals surface area contributed by atoms with E-state index in [0.717, 1.165) is 18.0 Å². The predicted octanol–water partition coefficient (Wildman–Crippen LogP) is 2.88. The fraction of sp³-hybridized carbons (Fsp3) is 0.375. The van der Waals surface area contributed by atoms with Gasteiger partial charge in [-0.3, -0.25) is 4.79 Å². The lowest BCUT2D eigenvalue weighted by Crippen LogP contribution is -2.28. The van der Waals surface area contributed by atoms with E-state index in [1.54, 1.807) is 18.0 Å². The maximum absolute atomic E-state index is 11.6. The molecular formula is C16H21N3OS. The standard InChI is InChI=1S/C16H21N3OS/c1-13(2)10-17-16(20)12-21-11-14-4-6-15(7-5-14)19-9-3-8-18-19/h3-9,13H,10-12H2,1-2H3,(H,17,20). The summed E-state index contributed by atoms with van der Waals surface area (Å²) < 4.78 is 1.83. The van der Waals surface area contributed by atoms with E-state index >= 15 is 0 Å². The minimum absolute atomic E-state index is 0.113. The van der Waals surface area contributed by atoms with E-state index in [9.17, 15) is 4.79 Å². The van der Waals surface area contributed by atoms with Gasteiger partial charge in [-0.05, 0) is 29.7 Å². The van der Waals surface area contributed by atoms with Crippen LogP contribution in [0.15, 0.2) is 42.7 Å². The molecule has 1 heterocycles. The van der Waals surface area contributed by atoms with Crippen molar-refractivity contribution in [3.63, 3.8) is 0 Å². The van der Waals surface area contributed by atoms with Gasteiger partial charge in [-0.15, -0.1) is 11.8 Å². The maximum atomic E-state index is 11.6. The van der Waals surface area contributed by atoms with Crippen LogP contribution in [0.2, 0.25) is 0 Å². The lowest BCUT2D eigenvalue weighted by molar-refractivity contribution is -0.118. The molecule has 2 aromatic rings. The van der Waals surface area contributed by atoms with Crippen LogP contribution in [0, 0.1) is 5.92 Å². The van der Waals surface area contributed by atoms with Gasteiger partial charge in [-0.25, -0.2) is 4.68 Å². The largest absolute Gasteiger partial charge is 0.355 e. The van der Waals surface area contributed by atoms with Crippen molar-refractivity contribution in [1.82, 2.24) is 15.1 Å². The van der Waals surface area contributed by atoms with Crippen molar-refractivity contribution in [3.8, 4) is 5.69 Å². The molecule has 0 aliphatic heterocycles. The van der Waals surface area contributed by atoms with Crippen LogP contribution in [0.5, 0.6) is 0 Å². The summed E-state index contributed by atoms with van der Waals surface area (Å²) in [4.78, 5) is 11.6. The Morgan fingerprint density at radius 2 is 2.10 bits per heavy atom. The Morgan fingerprint density at radius 1 is 1.33 bits per heavy atom.